The zero-order valence-electron chi connectivity index (χ0n) is 21.1. The molecule has 5 rings (SSSR count). The number of Topliss-reactive ketones (excluding diaryl/α,β-unsaturated/α-hetero) is 1. The maximum atomic E-state index is 13.5. The third kappa shape index (κ3) is 4.69. The summed E-state index contributed by atoms with van der Waals surface area (Å²) in [6, 6.07) is 13.3. The first-order chi connectivity index (χ1) is 17.6. The molecule has 0 amide bonds. The number of rotatable bonds is 4. The van der Waals surface area contributed by atoms with E-state index in [0.717, 1.165) is 16.9 Å². The Hall–Kier alpha value is -3.42. The Balaban J connectivity index is 1.64. The fourth-order valence-electron chi connectivity index (χ4n) is 5.05. The average molecular weight is 535 g/mol. The van der Waals surface area contributed by atoms with E-state index in [4.69, 9.17) is 28.6 Å². The molecule has 2 N–H and O–H groups in total. The number of carbonyl (C=O) groups is 1. The molecule has 0 fully saturated rings. The third-order valence-corrected chi connectivity index (χ3v) is 7.67. The molecule has 0 saturated heterocycles. The van der Waals surface area contributed by atoms with E-state index in [-0.39, 0.29) is 16.7 Å². The van der Waals surface area contributed by atoms with E-state index in [2.05, 4.69) is 29.2 Å². The molecule has 0 radical (unpaired) electrons. The van der Waals surface area contributed by atoms with Crippen LogP contribution in [0.25, 0.3) is 0 Å². The molecule has 2 heterocycles. The van der Waals surface area contributed by atoms with Crippen molar-refractivity contribution in [3.8, 4) is 0 Å². The molecule has 9 heteroatoms. The number of ketones is 1. The Morgan fingerprint density at radius 3 is 2.59 bits per heavy atom. The van der Waals surface area contributed by atoms with Gasteiger partial charge in [0, 0.05) is 43.4 Å². The van der Waals surface area contributed by atoms with Crippen molar-refractivity contribution in [3.05, 3.63) is 92.3 Å². The van der Waals surface area contributed by atoms with Gasteiger partial charge in [-0.3, -0.25) is 10.2 Å². The van der Waals surface area contributed by atoms with Crippen LogP contribution in [0.3, 0.4) is 0 Å². The molecule has 1 aliphatic carbocycles. The summed E-state index contributed by atoms with van der Waals surface area (Å²) >= 11 is 13.1. The number of fused-ring (bicyclic) bond motifs is 1. The number of nitrogens with one attached hydrogen (secondary N) is 2. The lowest BCUT2D eigenvalue weighted by molar-refractivity contribution is -0.118. The van der Waals surface area contributed by atoms with Gasteiger partial charge >= 0.3 is 0 Å². The Morgan fingerprint density at radius 2 is 1.89 bits per heavy atom. The second-order valence-electron chi connectivity index (χ2n) is 10.5. The lowest BCUT2D eigenvalue weighted by Crippen LogP contribution is -2.38. The van der Waals surface area contributed by atoms with Crippen LogP contribution in [0.2, 0.25) is 10.0 Å². The summed E-state index contributed by atoms with van der Waals surface area (Å²) in [6.07, 6.45) is 4.29. The van der Waals surface area contributed by atoms with Crippen LogP contribution in [0, 0.1) is 10.8 Å². The van der Waals surface area contributed by atoms with Crippen LogP contribution < -0.4 is 15.7 Å². The Morgan fingerprint density at radius 1 is 1.16 bits per heavy atom. The summed E-state index contributed by atoms with van der Waals surface area (Å²) in [5.74, 6) is -0.0233. The second-order valence-corrected chi connectivity index (χ2v) is 11.2. The van der Waals surface area contributed by atoms with Gasteiger partial charge in [-0.1, -0.05) is 61.3 Å². The number of allylic oxidation sites excluding steroid dienone is 2. The fourth-order valence-corrected chi connectivity index (χ4v) is 5.46. The number of anilines is 2. The summed E-state index contributed by atoms with van der Waals surface area (Å²) < 4.78 is 1.41. The molecule has 1 aliphatic heterocycles. The largest absolute Gasteiger partial charge is 0.378 e. The predicted molar refractivity (Wildman–Crippen MR) is 149 cm³/mol. The van der Waals surface area contributed by atoms with Crippen LogP contribution in [-0.4, -0.2) is 35.8 Å². The maximum Gasteiger partial charge on any atom is 0.162 e. The highest BCUT2D eigenvalue weighted by Gasteiger charge is 2.42. The summed E-state index contributed by atoms with van der Waals surface area (Å²) in [4.78, 5) is 20.2. The minimum Gasteiger partial charge on any atom is -0.378 e. The van der Waals surface area contributed by atoms with Crippen molar-refractivity contribution in [3.63, 3.8) is 0 Å². The highest BCUT2D eigenvalue weighted by Crippen LogP contribution is 2.49. The summed E-state index contributed by atoms with van der Waals surface area (Å²) in [5, 5.41) is 17.7. The minimum absolute atomic E-state index is 0.0322. The minimum atomic E-state index is -0.580. The van der Waals surface area contributed by atoms with E-state index in [1.54, 1.807) is 12.3 Å². The van der Waals surface area contributed by atoms with Gasteiger partial charge < -0.3 is 10.2 Å². The van der Waals surface area contributed by atoms with Crippen molar-refractivity contribution in [2.24, 2.45) is 10.5 Å². The molecule has 190 valence electrons. The van der Waals surface area contributed by atoms with Gasteiger partial charge in [0.05, 0.1) is 21.8 Å². The van der Waals surface area contributed by atoms with Crippen molar-refractivity contribution in [2.75, 3.05) is 24.3 Å². The standard InChI is InChI=1S/C28H28Cl2N6O/c1-28(2)12-20-23(21(37)13-28)22(18-6-5-7-19(29)25(18)30)24-26(31)36(15-32-27(24)34-20)33-14-16-8-10-17(11-9-16)35(3)4/h5-11,14-15,22,31,34H,12-13H2,1-4H3. The van der Waals surface area contributed by atoms with Gasteiger partial charge in [-0.05, 0) is 41.2 Å². The molecule has 37 heavy (non-hydrogen) atoms. The van der Waals surface area contributed by atoms with Crippen molar-refractivity contribution in [1.29, 1.82) is 5.41 Å². The number of aromatic nitrogens is 2. The van der Waals surface area contributed by atoms with E-state index in [0.29, 0.717) is 45.4 Å². The van der Waals surface area contributed by atoms with Gasteiger partial charge in [0.1, 0.15) is 12.1 Å². The van der Waals surface area contributed by atoms with Crippen LogP contribution in [0.4, 0.5) is 11.5 Å². The molecular formula is C28H28Cl2N6O. The van der Waals surface area contributed by atoms with Crippen molar-refractivity contribution >= 4 is 46.7 Å². The third-order valence-electron chi connectivity index (χ3n) is 6.84. The first-order valence-electron chi connectivity index (χ1n) is 12.0. The molecule has 0 spiro atoms. The second kappa shape index (κ2) is 9.47. The molecule has 0 saturated carbocycles. The molecule has 3 aromatic rings. The lowest BCUT2D eigenvalue weighted by Gasteiger charge is -2.39. The molecule has 2 aliphatic rings. The monoisotopic (exact) mass is 534 g/mol. The maximum absolute atomic E-state index is 13.5. The number of nitrogens with zero attached hydrogens (tertiary/aromatic N) is 4. The first-order valence-corrected chi connectivity index (χ1v) is 12.8. The van der Waals surface area contributed by atoms with Crippen molar-refractivity contribution < 1.29 is 4.79 Å². The van der Waals surface area contributed by atoms with E-state index in [9.17, 15) is 4.79 Å². The van der Waals surface area contributed by atoms with Crippen LogP contribution in [0.5, 0.6) is 0 Å². The van der Waals surface area contributed by atoms with Crippen molar-refractivity contribution in [1.82, 2.24) is 9.66 Å². The van der Waals surface area contributed by atoms with Gasteiger partial charge in [-0.25, -0.2) is 9.66 Å². The quantitative estimate of drug-likeness (QED) is 0.413. The average Bonchev–Trinajstić information content (AvgIpc) is 2.84. The van der Waals surface area contributed by atoms with E-state index in [1.165, 1.54) is 11.0 Å². The number of hydrogen-bond donors (Lipinski definition) is 2. The van der Waals surface area contributed by atoms with E-state index >= 15 is 0 Å². The molecule has 7 nitrogen and oxygen atoms in total. The number of halogens is 2. The van der Waals surface area contributed by atoms with E-state index < -0.39 is 5.92 Å². The highest BCUT2D eigenvalue weighted by atomic mass is 35.5. The van der Waals surface area contributed by atoms with Crippen LogP contribution in [0.15, 0.2) is 65.2 Å². The number of hydrogen-bond acceptors (Lipinski definition) is 6. The number of carbonyl (C=O) groups excluding carboxylic acids is 1. The SMILES string of the molecule is CN(C)c1ccc(C=Nn2cnc3c(c2=N)C(c2cccc(Cl)c2Cl)C2=C(CC(C)(C)CC2=O)N3)cc1. The van der Waals surface area contributed by atoms with E-state index in [1.807, 2.05) is 55.4 Å². The molecule has 1 aromatic heterocycles. The fraction of sp³-hybridized carbons (Fsp3) is 0.286. The molecule has 2 aromatic carbocycles. The zero-order valence-corrected chi connectivity index (χ0v) is 22.7. The molecule has 1 unspecified atom stereocenters. The van der Waals surface area contributed by atoms with Gasteiger partial charge in [0.15, 0.2) is 11.3 Å². The first kappa shape index (κ1) is 25.2. The predicted octanol–water partition coefficient (Wildman–Crippen LogP) is 5.82. The van der Waals surface area contributed by atoms with Gasteiger partial charge in [-0.2, -0.15) is 5.10 Å². The molecule has 0 bridgehead atoms. The topological polar surface area (TPSA) is 86.4 Å². The van der Waals surface area contributed by atoms with Gasteiger partial charge in [-0.15, -0.1) is 0 Å². The number of benzene rings is 2. The summed E-state index contributed by atoms with van der Waals surface area (Å²) in [7, 11) is 3.97. The van der Waals surface area contributed by atoms with Gasteiger partial charge in [0.2, 0.25) is 0 Å². The van der Waals surface area contributed by atoms with Gasteiger partial charge in [0.25, 0.3) is 0 Å². The van der Waals surface area contributed by atoms with Crippen molar-refractivity contribution in [2.45, 2.75) is 32.6 Å². The lowest BCUT2D eigenvalue weighted by atomic mass is 9.69. The Labute approximate surface area is 226 Å². The summed E-state index contributed by atoms with van der Waals surface area (Å²) in [6.45, 7) is 4.16. The highest BCUT2D eigenvalue weighted by molar-refractivity contribution is 6.42. The van der Waals surface area contributed by atoms with Crippen LogP contribution in [-0.2, 0) is 4.79 Å². The Kier molecular flexibility index (Phi) is 6.46. The Bertz CT molecular complexity index is 1520. The smallest absolute Gasteiger partial charge is 0.162 e. The molecule has 1 atom stereocenters. The normalized spacial score (nSPS) is 18.4. The summed E-state index contributed by atoms with van der Waals surface area (Å²) in [5.41, 5.74) is 4.55. The zero-order chi connectivity index (χ0) is 26.5. The van der Waals surface area contributed by atoms with Crippen LogP contribution >= 0.6 is 23.2 Å². The molecular weight excluding hydrogens is 507 g/mol. The van der Waals surface area contributed by atoms with Crippen LogP contribution in [0.1, 0.15) is 49.3 Å².